The fourth-order valence-corrected chi connectivity index (χ4v) is 5.63. The topological polar surface area (TPSA) is 104 Å². The Morgan fingerprint density at radius 1 is 1.25 bits per heavy atom. The number of ether oxygens (including phenoxy) is 2. The van der Waals surface area contributed by atoms with E-state index in [9.17, 15) is 18.0 Å². The first kappa shape index (κ1) is 20.2. The Labute approximate surface area is 168 Å². The van der Waals surface area contributed by atoms with Crippen LogP contribution < -0.4 is 4.80 Å². The third-order valence-corrected chi connectivity index (χ3v) is 7.45. The number of esters is 2. The van der Waals surface area contributed by atoms with Gasteiger partial charge in [0.05, 0.1) is 29.5 Å². The zero-order valence-corrected chi connectivity index (χ0v) is 17.4. The number of hydrogen-bond acceptors (Lipinski definition) is 8. The Kier molecular flexibility index (Phi) is 5.96. The predicted molar refractivity (Wildman–Crippen MR) is 105 cm³/mol. The zero-order chi connectivity index (χ0) is 20.3. The van der Waals surface area contributed by atoms with Crippen LogP contribution in [0, 0.1) is 0 Å². The van der Waals surface area contributed by atoms with Gasteiger partial charge in [-0.25, -0.2) is 4.79 Å². The molecule has 1 aromatic carbocycles. The van der Waals surface area contributed by atoms with Gasteiger partial charge in [-0.05, 0) is 36.6 Å². The average molecular weight is 441 g/mol. The third-order valence-electron chi connectivity index (χ3n) is 3.66. The molecule has 0 saturated carbocycles. The molecule has 0 saturated heterocycles. The molecule has 0 aliphatic rings. The van der Waals surface area contributed by atoms with Gasteiger partial charge >= 0.3 is 11.9 Å². The van der Waals surface area contributed by atoms with Gasteiger partial charge in [-0.2, -0.15) is 8.42 Å². The summed E-state index contributed by atoms with van der Waals surface area (Å²) in [4.78, 5) is 23.9. The molecule has 0 bridgehead atoms. The number of rotatable bonds is 6. The summed E-state index contributed by atoms with van der Waals surface area (Å²) in [6, 6.07) is 7.84. The maximum absolute atomic E-state index is 12.6. The van der Waals surface area contributed by atoms with Crippen molar-refractivity contribution < 1.29 is 27.5 Å². The fourth-order valence-electron chi connectivity index (χ4n) is 2.39. The van der Waals surface area contributed by atoms with Crippen molar-refractivity contribution in [3.05, 3.63) is 46.1 Å². The van der Waals surface area contributed by atoms with Crippen LogP contribution in [0.5, 0.6) is 0 Å². The molecule has 0 aliphatic heterocycles. The first-order chi connectivity index (χ1) is 13.4. The Balaban J connectivity index is 2.19. The highest BCUT2D eigenvalue weighted by molar-refractivity contribution is 7.92. The molecule has 0 unspecified atom stereocenters. The standard InChI is InChI=1S/C17H16N2O6S3/c1-3-25-16(21)11-6-7-12-13(9-11)27-17(19(12)10-14(20)24-2)18-28(22,23)15-5-4-8-26-15/h4-9H,3,10H2,1-2H3. The summed E-state index contributed by atoms with van der Waals surface area (Å²) in [7, 11) is -2.68. The Hall–Kier alpha value is -2.50. The minimum absolute atomic E-state index is 0.0989. The van der Waals surface area contributed by atoms with E-state index < -0.39 is 22.0 Å². The summed E-state index contributed by atoms with van der Waals surface area (Å²) in [6.45, 7) is 1.73. The summed E-state index contributed by atoms with van der Waals surface area (Å²) < 4.78 is 40.9. The fraction of sp³-hybridized carbons (Fsp3) is 0.235. The summed E-state index contributed by atoms with van der Waals surface area (Å²) >= 11 is 2.11. The van der Waals surface area contributed by atoms with E-state index in [0.717, 1.165) is 22.7 Å². The maximum Gasteiger partial charge on any atom is 0.338 e. The van der Waals surface area contributed by atoms with Crippen molar-refractivity contribution in [3.8, 4) is 0 Å². The molecule has 0 atom stereocenters. The Morgan fingerprint density at radius 2 is 2.04 bits per heavy atom. The van der Waals surface area contributed by atoms with E-state index in [1.807, 2.05) is 0 Å². The highest BCUT2D eigenvalue weighted by Gasteiger charge is 2.18. The van der Waals surface area contributed by atoms with Crippen molar-refractivity contribution >= 4 is 54.9 Å². The summed E-state index contributed by atoms with van der Waals surface area (Å²) in [6.07, 6.45) is 0. The molecular formula is C17H16N2O6S3. The molecular weight excluding hydrogens is 424 g/mol. The SMILES string of the molecule is CCOC(=O)c1ccc2c(c1)sc(=NS(=O)(=O)c1cccs1)n2CC(=O)OC. The molecule has 0 spiro atoms. The summed E-state index contributed by atoms with van der Waals surface area (Å²) in [5, 5.41) is 1.64. The lowest BCUT2D eigenvalue weighted by Gasteiger charge is -2.05. The highest BCUT2D eigenvalue weighted by atomic mass is 32.2. The van der Waals surface area contributed by atoms with Crippen molar-refractivity contribution in [1.29, 1.82) is 0 Å². The largest absolute Gasteiger partial charge is 0.468 e. The maximum atomic E-state index is 12.6. The number of thiophene rings is 1. The van der Waals surface area contributed by atoms with Gasteiger partial charge in [0.25, 0.3) is 10.0 Å². The third kappa shape index (κ3) is 4.16. The molecule has 28 heavy (non-hydrogen) atoms. The molecule has 11 heteroatoms. The van der Waals surface area contributed by atoms with E-state index >= 15 is 0 Å². The monoisotopic (exact) mass is 440 g/mol. The number of benzene rings is 1. The second-order valence-corrected chi connectivity index (χ2v) is 9.24. The summed E-state index contributed by atoms with van der Waals surface area (Å²) in [5.74, 6) is -1.04. The molecule has 0 amide bonds. The Morgan fingerprint density at radius 3 is 2.68 bits per heavy atom. The number of aromatic nitrogens is 1. The van der Waals surface area contributed by atoms with E-state index in [-0.39, 0.29) is 22.2 Å². The van der Waals surface area contributed by atoms with Gasteiger partial charge in [0.2, 0.25) is 4.80 Å². The predicted octanol–water partition coefficient (Wildman–Crippen LogP) is 2.40. The minimum Gasteiger partial charge on any atom is -0.468 e. The summed E-state index contributed by atoms with van der Waals surface area (Å²) in [5.41, 5.74) is 0.886. The average Bonchev–Trinajstić information content (AvgIpc) is 3.30. The molecule has 0 N–H and O–H groups in total. The van der Waals surface area contributed by atoms with Crippen molar-refractivity contribution in [2.24, 2.45) is 4.40 Å². The number of hydrogen-bond donors (Lipinski definition) is 0. The van der Waals surface area contributed by atoms with E-state index in [1.165, 1.54) is 17.7 Å². The van der Waals surface area contributed by atoms with E-state index in [1.54, 1.807) is 36.6 Å². The molecule has 2 aromatic heterocycles. The van der Waals surface area contributed by atoms with Crippen LogP contribution >= 0.6 is 22.7 Å². The lowest BCUT2D eigenvalue weighted by molar-refractivity contribution is -0.141. The van der Waals surface area contributed by atoms with Crippen molar-refractivity contribution in [1.82, 2.24) is 4.57 Å². The molecule has 8 nitrogen and oxygen atoms in total. The number of fused-ring (bicyclic) bond motifs is 1. The smallest absolute Gasteiger partial charge is 0.338 e. The van der Waals surface area contributed by atoms with Gasteiger partial charge in [0, 0.05) is 0 Å². The molecule has 0 aliphatic carbocycles. The van der Waals surface area contributed by atoms with Gasteiger partial charge < -0.3 is 14.0 Å². The quantitative estimate of drug-likeness (QED) is 0.545. The van der Waals surface area contributed by atoms with Crippen LogP contribution in [0.1, 0.15) is 17.3 Å². The van der Waals surface area contributed by atoms with Crippen LogP contribution in [-0.2, 0) is 30.8 Å². The molecule has 148 valence electrons. The second-order valence-electron chi connectivity index (χ2n) is 5.45. The highest BCUT2D eigenvalue weighted by Crippen LogP contribution is 2.22. The van der Waals surface area contributed by atoms with Crippen LogP contribution in [0.4, 0.5) is 0 Å². The Bertz CT molecular complexity index is 1190. The first-order valence-corrected chi connectivity index (χ1v) is 11.2. The van der Waals surface area contributed by atoms with E-state index in [0.29, 0.717) is 15.8 Å². The van der Waals surface area contributed by atoms with Crippen molar-refractivity contribution in [2.45, 2.75) is 17.7 Å². The normalized spacial score (nSPS) is 12.3. The zero-order valence-electron chi connectivity index (χ0n) is 14.9. The second kappa shape index (κ2) is 8.25. The van der Waals surface area contributed by atoms with Crippen LogP contribution in [0.15, 0.2) is 44.3 Å². The van der Waals surface area contributed by atoms with Gasteiger partial charge in [-0.3, -0.25) is 4.79 Å². The van der Waals surface area contributed by atoms with Gasteiger partial charge in [-0.15, -0.1) is 15.7 Å². The van der Waals surface area contributed by atoms with Crippen LogP contribution in [0.3, 0.4) is 0 Å². The number of thiazole rings is 1. The van der Waals surface area contributed by atoms with Crippen LogP contribution in [-0.4, -0.2) is 38.6 Å². The lowest BCUT2D eigenvalue weighted by atomic mass is 10.2. The van der Waals surface area contributed by atoms with E-state index in [4.69, 9.17) is 9.47 Å². The number of nitrogens with zero attached hydrogens (tertiary/aromatic N) is 2. The van der Waals surface area contributed by atoms with Gasteiger partial charge in [0.1, 0.15) is 10.8 Å². The van der Waals surface area contributed by atoms with Crippen LogP contribution in [0.2, 0.25) is 0 Å². The van der Waals surface area contributed by atoms with E-state index in [2.05, 4.69) is 4.40 Å². The molecule has 0 radical (unpaired) electrons. The molecule has 3 rings (SSSR count). The number of carbonyl (C=O) groups excluding carboxylic acids is 2. The number of methoxy groups -OCH3 is 1. The van der Waals surface area contributed by atoms with Gasteiger partial charge in [0.15, 0.2) is 0 Å². The van der Waals surface area contributed by atoms with Gasteiger partial charge in [-0.1, -0.05) is 17.4 Å². The minimum atomic E-state index is -3.93. The van der Waals surface area contributed by atoms with Crippen molar-refractivity contribution in [2.75, 3.05) is 13.7 Å². The molecule has 3 aromatic rings. The number of sulfonamides is 1. The molecule has 2 heterocycles. The van der Waals surface area contributed by atoms with Crippen LogP contribution in [0.25, 0.3) is 10.2 Å². The lowest BCUT2D eigenvalue weighted by Crippen LogP contribution is -2.22. The van der Waals surface area contributed by atoms with Crippen molar-refractivity contribution in [3.63, 3.8) is 0 Å². The number of carbonyl (C=O) groups is 2. The first-order valence-electron chi connectivity index (χ1n) is 8.07. The molecule has 0 fully saturated rings.